The van der Waals surface area contributed by atoms with Crippen LogP contribution in [-0.4, -0.2) is 30.2 Å². The van der Waals surface area contributed by atoms with Crippen LogP contribution in [0.3, 0.4) is 0 Å². The highest BCUT2D eigenvalue weighted by molar-refractivity contribution is 5.99. The van der Waals surface area contributed by atoms with Crippen LogP contribution in [0.5, 0.6) is 0 Å². The minimum absolute atomic E-state index is 0.0716. The van der Waals surface area contributed by atoms with Gasteiger partial charge in [0.05, 0.1) is 5.71 Å². The van der Waals surface area contributed by atoms with Crippen LogP contribution in [0.1, 0.15) is 64.4 Å². The first kappa shape index (κ1) is 19.9. The summed E-state index contributed by atoms with van der Waals surface area (Å²) in [7, 11) is 0. The van der Waals surface area contributed by atoms with Gasteiger partial charge in [0.2, 0.25) is 5.91 Å². The molecule has 1 aromatic rings. The fourth-order valence-corrected chi connectivity index (χ4v) is 3.11. The molecule has 0 bridgehead atoms. The van der Waals surface area contributed by atoms with Crippen LogP contribution in [0.25, 0.3) is 0 Å². The van der Waals surface area contributed by atoms with Crippen molar-refractivity contribution in [3.63, 3.8) is 0 Å². The van der Waals surface area contributed by atoms with Gasteiger partial charge in [-0.1, -0.05) is 49.4 Å². The third kappa shape index (κ3) is 7.25. The number of nitrogens with zero attached hydrogens (tertiary/aromatic N) is 1. The Labute approximate surface area is 155 Å². The molecule has 0 aromatic heterocycles. The molecule has 1 aliphatic rings. The van der Waals surface area contributed by atoms with Gasteiger partial charge in [-0.3, -0.25) is 9.59 Å². The Morgan fingerprint density at radius 1 is 1.04 bits per heavy atom. The third-order valence-electron chi connectivity index (χ3n) is 4.49. The maximum absolute atomic E-state index is 12.0. The lowest BCUT2D eigenvalue weighted by atomic mass is 9.97. The van der Waals surface area contributed by atoms with Gasteiger partial charge in [0, 0.05) is 18.7 Å². The second kappa shape index (κ2) is 10.6. The zero-order chi connectivity index (χ0) is 18.8. The molecule has 1 fully saturated rings. The first-order chi connectivity index (χ1) is 12.5. The number of benzene rings is 1. The minimum Gasteiger partial charge on any atom is -0.385 e. The topological polar surface area (TPSA) is 79.8 Å². The van der Waals surface area contributed by atoms with Crippen molar-refractivity contribution in [2.45, 2.75) is 64.8 Å². The Kier molecular flexibility index (Phi) is 8.12. The number of rotatable bonds is 6. The van der Waals surface area contributed by atoms with Crippen molar-refractivity contribution < 1.29 is 14.4 Å². The molecule has 1 aromatic carbocycles. The lowest BCUT2D eigenvalue weighted by molar-refractivity contribution is -0.126. The number of amides is 2. The maximum Gasteiger partial charge on any atom is 0.260 e. The molecule has 1 aliphatic carbocycles. The summed E-state index contributed by atoms with van der Waals surface area (Å²) in [6.45, 7) is 3.22. The van der Waals surface area contributed by atoms with Gasteiger partial charge in [0.15, 0.2) is 6.61 Å². The number of carbonyl (C=O) groups excluding carboxylic acids is 2. The lowest BCUT2D eigenvalue weighted by Gasteiger charge is -2.20. The number of nitrogens with one attached hydrogen (secondary N) is 2. The molecule has 6 nitrogen and oxygen atoms in total. The fraction of sp³-hybridized carbons (Fsp3) is 0.550. The summed E-state index contributed by atoms with van der Waals surface area (Å²) in [5.74, 6) is -0.227. The van der Waals surface area contributed by atoms with Crippen LogP contribution < -0.4 is 10.6 Å². The number of hydrogen-bond acceptors (Lipinski definition) is 4. The Morgan fingerprint density at radius 3 is 2.27 bits per heavy atom. The Morgan fingerprint density at radius 2 is 1.65 bits per heavy atom. The molecule has 0 spiro atoms. The predicted octanol–water partition coefficient (Wildman–Crippen LogP) is 3.61. The number of anilines is 1. The average molecular weight is 359 g/mol. The van der Waals surface area contributed by atoms with Crippen LogP contribution >= 0.6 is 0 Å². The number of oxime groups is 1. The average Bonchev–Trinajstić information content (AvgIpc) is 2.57. The van der Waals surface area contributed by atoms with E-state index in [9.17, 15) is 9.59 Å². The van der Waals surface area contributed by atoms with E-state index in [4.69, 9.17) is 4.84 Å². The van der Waals surface area contributed by atoms with Crippen LogP contribution in [0.4, 0.5) is 5.69 Å². The van der Waals surface area contributed by atoms with Gasteiger partial charge >= 0.3 is 0 Å². The van der Waals surface area contributed by atoms with Crippen molar-refractivity contribution >= 4 is 23.2 Å². The molecule has 0 radical (unpaired) electrons. The minimum atomic E-state index is -0.117. The third-order valence-corrected chi connectivity index (χ3v) is 4.49. The molecule has 26 heavy (non-hydrogen) atoms. The van der Waals surface area contributed by atoms with Gasteiger partial charge in [0.1, 0.15) is 0 Å². The Balaban J connectivity index is 1.77. The van der Waals surface area contributed by atoms with Crippen LogP contribution in [0.15, 0.2) is 29.4 Å². The van der Waals surface area contributed by atoms with Crippen molar-refractivity contribution in [2.75, 3.05) is 11.9 Å². The second-order valence-corrected chi connectivity index (χ2v) is 6.82. The molecule has 0 heterocycles. The summed E-state index contributed by atoms with van der Waals surface area (Å²) >= 11 is 0. The summed E-state index contributed by atoms with van der Waals surface area (Å²) in [5.41, 5.74) is 2.28. The van der Waals surface area contributed by atoms with Gasteiger partial charge in [-0.15, -0.1) is 0 Å². The normalized spacial score (nSPS) is 16.3. The first-order valence-corrected chi connectivity index (χ1v) is 9.38. The quantitative estimate of drug-likeness (QED) is 0.601. The molecule has 6 heteroatoms. The largest absolute Gasteiger partial charge is 0.385 e. The van der Waals surface area contributed by atoms with E-state index >= 15 is 0 Å². The summed E-state index contributed by atoms with van der Waals surface area (Å²) in [6, 6.07) is 7.57. The molecule has 0 saturated heterocycles. The highest BCUT2D eigenvalue weighted by Crippen LogP contribution is 2.17. The monoisotopic (exact) mass is 359 g/mol. The van der Waals surface area contributed by atoms with E-state index in [1.807, 2.05) is 19.1 Å². The maximum atomic E-state index is 12.0. The fourth-order valence-electron chi connectivity index (χ4n) is 3.11. The lowest BCUT2D eigenvalue weighted by Crippen LogP contribution is -2.37. The van der Waals surface area contributed by atoms with Crippen LogP contribution in [-0.2, 0) is 14.4 Å². The predicted molar refractivity (Wildman–Crippen MR) is 103 cm³/mol. The molecule has 2 rings (SSSR count). The van der Waals surface area contributed by atoms with E-state index < -0.39 is 0 Å². The summed E-state index contributed by atoms with van der Waals surface area (Å²) < 4.78 is 0. The van der Waals surface area contributed by atoms with E-state index in [1.54, 1.807) is 12.1 Å². The second-order valence-electron chi connectivity index (χ2n) is 6.82. The summed E-state index contributed by atoms with van der Waals surface area (Å²) in [5, 5.41) is 9.79. The standard InChI is InChI=1S/C20H29N3O3/c1-15(17-10-12-19(13-11-17)21-16(2)24)23-26-14-20(25)22-18-8-6-4-3-5-7-9-18/h10-13,18H,3-9,14H2,1-2H3,(H,21,24)(H,22,25)/b23-15+. The van der Waals surface area contributed by atoms with E-state index in [1.165, 1.54) is 39.0 Å². The van der Waals surface area contributed by atoms with Crippen LogP contribution in [0.2, 0.25) is 0 Å². The van der Waals surface area contributed by atoms with Gasteiger partial charge in [-0.2, -0.15) is 0 Å². The first-order valence-electron chi connectivity index (χ1n) is 9.38. The molecule has 142 valence electrons. The Hall–Kier alpha value is -2.37. The van der Waals surface area contributed by atoms with E-state index in [0.717, 1.165) is 24.1 Å². The molecule has 2 N–H and O–H groups in total. The van der Waals surface area contributed by atoms with Crippen molar-refractivity contribution in [2.24, 2.45) is 5.16 Å². The number of hydrogen-bond donors (Lipinski definition) is 2. The van der Waals surface area contributed by atoms with Crippen molar-refractivity contribution in [3.8, 4) is 0 Å². The molecule has 0 unspecified atom stereocenters. The van der Waals surface area contributed by atoms with Crippen molar-refractivity contribution in [1.82, 2.24) is 5.32 Å². The van der Waals surface area contributed by atoms with E-state index in [-0.39, 0.29) is 24.5 Å². The Bertz CT molecular complexity index is 618. The van der Waals surface area contributed by atoms with Gasteiger partial charge in [-0.05, 0) is 37.5 Å². The van der Waals surface area contributed by atoms with Crippen LogP contribution in [0, 0.1) is 0 Å². The molecule has 2 amide bonds. The highest BCUT2D eigenvalue weighted by atomic mass is 16.6. The molecule has 0 atom stereocenters. The molecule has 0 aliphatic heterocycles. The summed E-state index contributed by atoms with van der Waals surface area (Å²) in [6.07, 6.45) is 8.28. The zero-order valence-corrected chi connectivity index (χ0v) is 15.7. The van der Waals surface area contributed by atoms with E-state index in [0.29, 0.717) is 5.71 Å². The van der Waals surface area contributed by atoms with Crippen molar-refractivity contribution in [1.29, 1.82) is 0 Å². The number of carbonyl (C=O) groups is 2. The van der Waals surface area contributed by atoms with Gasteiger partial charge < -0.3 is 15.5 Å². The molecular weight excluding hydrogens is 330 g/mol. The van der Waals surface area contributed by atoms with Crippen molar-refractivity contribution in [3.05, 3.63) is 29.8 Å². The SMILES string of the molecule is CC(=O)Nc1ccc(/C(C)=N/OCC(=O)NC2CCCCCCC2)cc1. The highest BCUT2D eigenvalue weighted by Gasteiger charge is 2.14. The zero-order valence-electron chi connectivity index (χ0n) is 15.7. The summed E-state index contributed by atoms with van der Waals surface area (Å²) in [4.78, 5) is 28.3. The van der Waals surface area contributed by atoms with E-state index in [2.05, 4.69) is 15.8 Å². The molecular formula is C20H29N3O3. The van der Waals surface area contributed by atoms with Gasteiger partial charge in [0.25, 0.3) is 5.91 Å². The smallest absolute Gasteiger partial charge is 0.260 e. The van der Waals surface area contributed by atoms with Gasteiger partial charge in [-0.25, -0.2) is 0 Å². The molecule has 1 saturated carbocycles.